The largest absolute Gasteiger partial charge is 0.338 e. The van der Waals surface area contributed by atoms with E-state index in [2.05, 4.69) is 36.6 Å². The molecule has 4 heterocycles. The van der Waals surface area contributed by atoms with Crippen molar-refractivity contribution in [2.24, 2.45) is 5.92 Å². The zero-order chi connectivity index (χ0) is 18.0. The average Bonchev–Trinajstić information content (AvgIpc) is 3.14. The Balaban J connectivity index is 1.58. The first-order chi connectivity index (χ1) is 13.3. The number of fused-ring (bicyclic) bond motifs is 4. The third-order valence-electron chi connectivity index (χ3n) is 6.50. The van der Waals surface area contributed by atoms with Crippen LogP contribution in [-0.2, 0) is 5.54 Å². The molecule has 2 atom stereocenters. The maximum atomic E-state index is 5.07. The Morgan fingerprint density at radius 1 is 1.15 bits per heavy atom. The summed E-state index contributed by atoms with van der Waals surface area (Å²) in [5.74, 6) is 3.38. The molecule has 2 aliphatic carbocycles. The molecule has 27 heavy (non-hydrogen) atoms. The van der Waals surface area contributed by atoms with E-state index in [1.807, 2.05) is 24.7 Å². The first-order valence-electron chi connectivity index (χ1n) is 9.77. The fourth-order valence-corrected chi connectivity index (χ4v) is 5.07. The molecule has 0 saturated heterocycles. The van der Waals surface area contributed by atoms with Crippen molar-refractivity contribution in [1.82, 2.24) is 29.7 Å². The van der Waals surface area contributed by atoms with Crippen molar-refractivity contribution < 1.29 is 0 Å². The SMILES string of the molecule is C[C@H]1C[C@@]12c1nncn1-c1cnc(-c3ccncc3)nc1N2C1CCCC1. The van der Waals surface area contributed by atoms with Crippen LogP contribution in [0.15, 0.2) is 37.1 Å². The van der Waals surface area contributed by atoms with Crippen molar-refractivity contribution in [1.29, 1.82) is 0 Å². The van der Waals surface area contributed by atoms with Crippen LogP contribution in [0, 0.1) is 5.92 Å². The van der Waals surface area contributed by atoms with Gasteiger partial charge in [-0.15, -0.1) is 10.2 Å². The molecule has 7 nitrogen and oxygen atoms in total. The molecule has 1 aliphatic heterocycles. The normalized spacial score (nSPS) is 26.3. The van der Waals surface area contributed by atoms with Crippen LogP contribution in [0.1, 0.15) is 44.9 Å². The first-order valence-corrected chi connectivity index (χ1v) is 9.77. The van der Waals surface area contributed by atoms with Crippen molar-refractivity contribution in [3.05, 3.63) is 42.9 Å². The number of rotatable bonds is 2. The molecule has 0 bridgehead atoms. The molecule has 7 heteroatoms. The molecular weight excluding hydrogens is 338 g/mol. The van der Waals surface area contributed by atoms with Crippen molar-refractivity contribution in [2.75, 3.05) is 4.90 Å². The lowest BCUT2D eigenvalue weighted by Crippen LogP contribution is -2.48. The van der Waals surface area contributed by atoms with Gasteiger partial charge >= 0.3 is 0 Å². The molecule has 0 unspecified atom stereocenters. The summed E-state index contributed by atoms with van der Waals surface area (Å²) < 4.78 is 2.10. The lowest BCUT2D eigenvalue weighted by atomic mass is 10.0. The second kappa shape index (κ2) is 5.34. The van der Waals surface area contributed by atoms with E-state index >= 15 is 0 Å². The highest BCUT2D eigenvalue weighted by molar-refractivity contribution is 5.69. The second-order valence-electron chi connectivity index (χ2n) is 8.00. The number of nitrogens with zero attached hydrogens (tertiary/aromatic N) is 7. The van der Waals surface area contributed by atoms with E-state index in [9.17, 15) is 0 Å². The minimum Gasteiger partial charge on any atom is -0.338 e. The summed E-state index contributed by atoms with van der Waals surface area (Å²) in [7, 11) is 0. The van der Waals surface area contributed by atoms with Gasteiger partial charge in [0.1, 0.15) is 17.6 Å². The average molecular weight is 359 g/mol. The van der Waals surface area contributed by atoms with Crippen molar-refractivity contribution in [2.45, 2.75) is 50.6 Å². The van der Waals surface area contributed by atoms with Crippen LogP contribution in [0.4, 0.5) is 5.82 Å². The Bertz CT molecular complexity index is 1010. The fraction of sp³-hybridized carbons (Fsp3) is 0.450. The monoisotopic (exact) mass is 359 g/mol. The van der Waals surface area contributed by atoms with Gasteiger partial charge in [0.15, 0.2) is 17.5 Å². The molecule has 0 aromatic carbocycles. The third-order valence-corrected chi connectivity index (χ3v) is 6.50. The van der Waals surface area contributed by atoms with Gasteiger partial charge in [0, 0.05) is 24.0 Å². The molecule has 2 saturated carbocycles. The Hall–Kier alpha value is -2.83. The Kier molecular flexibility index (Phi) is 3.02. The number of hydrogen-bond donors (Lipinski definition) is 0. The van der Waals surface area contributed by atoms with Crippen LogP contribution in [0.3, 0.4) is 0 Å². The number of aromatic nitrogens is 6. The molecule has 0 radical (unpaired) electrons. The van der Waals surface area contributed by atoms with Gasteiger partial charge in [-0.3, -0.25) is 9.55 Å². The standard InChI is InChI=1S/C20H21N7/c1-13-10-20(13)19-25-23-12-26(19)16-11-22-17(14-6-8-21-9-7-14)24-18(16)27(20)15-4-2-3-5-15/h6-9,11-13,15H,2-5,10H2,1H3/t13-,20-/m0/s1. The molecule has 2 fully saturated rings. The van der Waals surface area contributed by atoms with Crippen molar-refractivity contribution in [3.63, 3.8) is 0 Å². The van der Waals surface area contributed by atoms with Crippen molar-refractivity contribution >= 4 is 5.82 Å². The zero-order valence-corrected chi connectivity index (χ0v) is 15.3. The maximum absolute atomic E-state index is 5.07. The molecular formula is C20H21N7. The van der Waals surface area contributed by atoms with E-state index in [1.165, 1.54) is 25.7 Å². The summed E-state index contributed by atoms with van der Waals surface area (Å²) in [5.41, 5.74) is 1.92. The van der Waals surface area contributed by atoms with Gasteiger partial charge in [0.25, 0.3) is 0 Å². The van der Waals surface area contributed by atoms with E-state index in [0.29, 0.717) is 12.0 Å². The molecule has 0 amide bonds. The third kappa shape index (κ3) is 1.99. The summed E-state index contributed by atoms with van der Waals surface area (Å²) in [6.45, 7) is 2.32. The summed E-state index contributed by atoms with van der Waals surface area (Å²) in [5, 5.41) is 8.77. The van der Waals surface area contributed by atoms with Crippen LogP contribution < -0.4 is 4.90 Å². The highest BCUT2D eigenvalue weighted by Crippen LogP contribution is 2.61. The summed E-state index contributed by atoms with van der Waals surface area (Å²) >= 11 is 0. The lowest BCUT2D eigenvalue weighted by Gasteiger charge is -2.42. The van der Waals surface area contributed by atoms with Gasteiger partial charge < -0.3 is 4.90 Å². The predicted octanol–water partition coefficient (Wildman–Crippen LogP) is 3.12. The summed E-state index contributed by atoms with van der Waals surface area (Å²) in [4.78, 5) is 16.4. The van der Waals surface area contributed by atoms with Gasteiger partial charge in [-0.1, -0.05) is 19.8 Å². The highest BCUT2D eigenvalue weighted by atomic mass is 15.4. The van der Waals surface area contributed by atoms with E-state index < -0.39 is 0 Å². The minimum atomic E-state index is -0.0671. The van der Waals surface area contributed by atoms with E-state index in [-0.39, 0.29) is 5.54 Å². The van der Waals surface area contributed by atoms with Gasteiger partial charge in [-0.2, -0.15) is 0 Å². The van der Waals surface area contributed by atoms with Gasteiger partial charge in [-0.05, 0) is 37.3 Å². The van der Waals surface area contributed by atoms with Crippen LogP contribution in [-0.4, -0.2) is 35.8 Å². The highest BCUT2D eigenvalue weighted by Gasteiger charge is 2.64. The van der Waals surface area contributed by atoms with Crippen LogP contribution in [0.25, 0.3) is 17.1 Å². The topological polar surface area (TPSA) is 72.6 Å². The molecule has 0 N–H and O–H groups in total. The molecule has 3 aliphatic rings. The number of hydrogen-bond acceptors (Lipinski definition) is 6. The smallest absolute Gasteiger partial charge is 0.163 e. The van der Waals surface area contributed by atoms with Crippen LogP contribution in [0.2, 0.25) is 0 Å². The number of pyridine rings is 1. The predicted molar refractivity (Wildman–Crippen MR) is 100 cm³/mol. The van der Waals surface area contributed by atoms with Crippen LogP contribution in [0.5, 0.6) is 0 Å². The van der Waals surface area contributed by atoms with Crippen LogP contribution >= 0.6 is 0 Å². The second-order valence-corrected chi connectivity index (χ2v) is 8.00. The summed E-state index contributed by atoms with van der Waals surface area (Å²) in [6.07, 6.45) is 13.4. The molecule has 3 aromatic rings. The Morgan fingerprint density at radius 2 is 1.93 bits per heavy atom. The van der Waals surface area contributed by atoms with Gasteiger partial charge in [0.2, 0.25) is 0 Å². The first kappa shape index (κ1) is 15.2. The number of anilines is 1. The minimum absolute atomic E-state index is 0.0671. The fourth-order valence-electron chi connectivity index (χ4n) is 5.07. The van der Waals surface area contributed by atoms with E-state index in [1.54, 1.807) is 12.4 Å². The summed E-state index contributed by atoms with van der Waals surface area (Å²) in [6, 6.07) is 4.44. The van der Waals surface area contributed by atoms with E-state index in [0.717, 1.165) is 35.1 Å². The van der Waals surface area contributed by atoms with Crippen molar-refractivity contribution in [3.8, 4) is 17.1 Å². The Morgan fingerprint density at radius 3 is 2.67 bits per heavy atom. The van der Waals surface area contributed by atoms with Gasteiger partial charge in [-0.25, -0.2) is 9.97 Å². The lowest BCUT2D eigenvalue weighted by molar-refractivity contribution is 0.441. The maximum Gasteiger partial charge on any atom is 0.163 e. The molecule has 3 aromatic heterocycles. The molecule has 1 spiro atoms. The quantitative estimate of drug-likeness (QED) is 0.700. The van der Waals surface area contributed by atoms with E-state index in [4.69, 9.17) is 4.98 Å². The molecule has 6 rings (SSSR count). The zero-order valence-electron chi connectivity index (χ0n) is 15.3. The Labute approximate surface area is 157 Å². The molecule has 136 valence electrons. The van der Waals surface area contributed by atoms with Gasteiger partial charge in [0.05, 0.1) is 6.20 Å².